The Kier molecular flexibility index (Phi) is 7.24. The zero-order valence-corrected chi connectivity index (χ0v) is 23.6. The number of amides is 1. The highest BCUT2D eigenvalue weighted by Gasteiger charge is 2.46. The lowest BCUT2D eigenvalue weighted by molar-refractivity contribution is -0.117. The van der Waals surface area contributed by atoms with Crippen LogP contribution in [-0.4, -0.2) is 34.1 Å². The number of anilines is 1. The second kappa shape index (κ2) is 11.0. The van der Waals surface area contributed by atoms with Crippen molar-refractivity contribution in [2.24, 2.45) is 0 Å². The van der Waals surface area contributed by atoms with Gasteiger partial charge in [0.2, 0.25) is 10.9 Å². The minimum atomic E-state index is -1.10. The number of hydrogen-bond acceptors (Lipinski definition) is 9. The van der Waals surface area contributed by atoms with Gasteiger partial charge in [0.1, 0.15) is 5.82 Å². The van der Waals surface area contributed by atoms with Gasteiger partial charge in [-0.05, 0) is 47.5 Å². The van der Waals surface area contributed by atoms with Gasteiger partial charge in [0.15, 0.2) is 27.2 Å². The van der Waals surface area contributed by atoms with E-state index in [2.05, 4.69) is 10.2 Å². The second-order valence-corrected chi connectivity index (χ2v) is 11.6. The van der Waals surface area contributed by atoms with E-state index in [1.807, 2.05) is 12.1 Å². The van der Waals surface area contributed by atoms with E-state index in [-0.39, 0.29) is 16.5 Å². The van der Waals surface area contributed by atoms with Gasteiger partial charge in [-0.1, -0.05) is 71.1 Å². The van der Waals surface area contributed by atoms with E-state index in [1.54, 1.807) is 30.3 Å². The van der Waals surface area contributed by atoms with E-state index in [4.69, 9.17) is 20.8 Å². The molecule has 3 heterocycles. The summed E-state index contributed by atoms with van der Waals surface area (Å²) >= 11 is 8.51. The predicted octanol–water partition coefficient (Wildman–Crippen LogP) is 7.16. The van der Waals surface area contributed by atoms with Crippen molar-refractivity contribution in [2.75, 3.05) is 12.0 Å². The quantitative estimate of drug-likeness (QED) is 0.112. The number of thioether (sulfide) groups is 1. The molecule has 0 aliphatic carbocycles. The number of rotatable bonds is 8. The van der Waals surface area contributed by atoms with Gasteiger partial charge in [-0.3, -0.25) is 14.5 Å². The zero-order chi connectivity index (χ0) is 28.7. The van der Waals surface area contributed by atoms with Gasteiger partial charge in [0, 0.05) is 16.2 Å². The van der Waals surface area contributed by atoms with Crippen LogP contribution in [0.5, 0.6) is 5.75 Å². The van der Waals surface area contributed by atoms with E-state index >= 15 is 0 Å². The van der Waals surface area contributed by atoms with Gasteiger partial charge in [-0.2, -0.15) is 0 Å². The largest absolute Gasteiger partial charge is 0.503 e. The Morgan fingerprint density at radius 2 is 1.90 bits per heavy atom. The first kappa shape index (κ1) is 27.0. The minimum Gasteiger partial charge on any atom is -0.503 e. The average molecular weight is 608 g/mol. The second-order valence-electron chi connectivity index (χ2n) is 8.98. The molecule has 1 aliphatic heterocycles. The molecule has 1 atom stereocenters. The average Bonchev–Trinajstić information content (AvgIpc) is 3.69. The lowest BCUT2D eigenvalue weighted by Gasteiger charge is -2.23. The molecular formula is C29H19ClFN3O5S2. The Morgan fingerprint density at radius 3 is 2.63 bits per heavy atom. The molecule has 3 aromatic carbocycles. The van der Waals surface area contributed by atoms with Crippen LogP contribution in [0.2, 0.25) is 5.02 Å². The summed E-state index contributed by atoms with van der Waals surface area (Å²) < 4.78 is 25.6. The molecule has 0 bridgehead atoms. The number of halogens is 2. The van der Waals surface area contributed by atoms with Gasteiger partial charge in [0.05, 0.1) is 18.7 Å². The Bertz CT molecular complexity index is 1820. The summed E-state index contributed by atoms with van der Waals surface area (Å²) in [5, 5.41) is 20.8. The summed E-state index contributed by atoms with van der Waals surface area (Å²) in [6.45, 7) is 0. The maximum absolute atomic E-state index is 13.8. The molecule has 12 heteroatoms. The summed E-state index contributed by atoms with van der Waals surface area (Å²) in [6, 6.07) is 18.3. The molecule has 0 spiro atoms. The molecule has 0 radical (unpaired) electrons. The van der Waals surface area contributed by atoms with Crippen molar-refractivity contribution in [3.8, 4) is 5.75 Å². The number of carbonyl (C=O) groups is 2. The molecule has 0 saturated carbocycles. The fourth-order valence-corrected chi connectivity index (χ4v) is 6.47. The highest BCUT2D eigenvalue weighted by molar-refractivity contribution is 8.00. The van der Waals surface area contributed by atoms with Crippen molar-refractivity contribution < 1.29 is 28.2 Å². The van der Waals surface area contributed by atoms with Gasteiger partial charge < -0.3 is 14.3 Å². The Labute approximate surface area is 246 Å². The van der Waals surface area contributed by atoms with Crippen molar-refractivity contribution in [2.45, 2.75) is 16.1 Å². The van der Waals surface area contributed by atoms with Gasteiger partial charge in [-0.25, -0.2) is 4.39 Å². The van der Waals surface area contributed by atoms with Crippen molar-refractivity contribution in [3.63, 3.8) is 0 Å². The molecule has 8 nitrogen and oxygen atoms in total. The lowest BCUT2D eigenvalue weighted by Crippen LogP contribution is -2.31. The number of aromatic nitrogens is 2. The van der Waals surface area contributed by atoms with Crippen LogP contribution in [0.25, 0.3) is 11.0 Å². The number of para-hydroxylation sites is 1. The van der Waals surface area contributed by atoms with E-state index in [1.165, 1.54) is 54.1 Å². The van der Waals surface area contributed by atoms with Gasteiger partial charge in [0.25, 0.3) is 5.91 Å². The summed E-state index contributed by atoms with van der Waals surface area (Å²) in [5.41, 5.74) is 1.55. The van der Waals surface area contributed by atoms with Crippen LogP contribution >= 0.6 is 34.7 Å². The summed E-state index contributed by atoms with van der Waals surface area (Å²) in [6.07, 6.45) is 0. The van der Waals surface area contributed by atoms with Gasteiger partial charge >= 0.3 is 0 Å². The topological polar surface area (TPSA) is 106 Å². The summed E-state index contributed by atoms with van der Waals surface area (Å²) in [5.74, 6) is -1.85. The Hall–Kier alpha value is -4.19. The van der Waals surface area contributed by atoms with E-state index in [9.17, 15) is 19.1 Å². The van der Waals surface area contributed by atoms with Crippen molar-refractivity contribution >= 4 is 62.5 Å². The fourth-order valence-electron chi connectivity index (χ4n) is 4.52. The molecule has 6 rings (SSSR count). The number of Topliss-reactive ketones (excluding diaryl/α,β-unsaturated/α-hetero) is 1. The third kappa shape index (κ3) is 5.08. The standard InChI is InChI=1S/C29H19ClFN3O5S2/c1-38-20-4-2-3-17-13-21(39-26(17)20)24(35)22-23(16-7-11-19(31)12-8-16)34(27(37)25(22)36)28-32-33-29(41-28)40-14-15-5-9-18(30)10-6-15/h2-13,23,36H,14H2,1H3. The fraction of sp³-hybridized carbons (Fsp3) is 0.103. The number of hydrogen-bond donors (Lipinski definition) is 1. The maximum atomic E-state index is 13.8. The van der Waals surface area contributed by atoms with Crippen LogP contribution < -0.4 is 9.64 Å². The van der Waals surface area contributed by atoms with E-state index < -0.39 is 29.3 Å². The molecule has 5 aromatic rings. The molecule has 1 aliphatic rings. The van der Waals surface area contributed by atoms with Crippen molar-refractivity contribution in [1.29, 1.82) is 0 Å². The Morgan fingerprint density at radius 1 is 1.15 bits per heavy atom. The van der Waals surface area contributed by atoms with Crippen molar-refractivity contribution in [3.05, 3.63) is 112 Å². The molecule has 2 aromatic heterocycles. The molecule has 41 heavy (non-hydrogen) atoms. The number of aliphatic hydroxyl groups excluding tert-OH is 1. The van der Waals surface area contributed by atoms with Crippen LogP contribution in [0, 0.1) is 5.82 Å². The monoisotopic (exact) mass is 607 g/mol. The predicted molar refractivity (Wildman–Crippen MR) is 154 cm³/mol. The highest BCUT2D eigenvalue weighted by Crippen LogP contribution is 2.44. The first-order chi connectivity index (χ1) is 19.8. The lowest BCUT2D eigenvalue weighted by atomic mass is 9.95. The number of furan rings is 1. The van der Waals surface area contributed by atoms with Gasteiger partial charge in [-0.15, -0.1) is 10.2 Å². The van der Waals surface area contributed by atoms with E-state index in [0.29, 0.717) is 37.4 Å². The molecule has 0 saturated heterocycles. The van der Waals surface area contributed by atoms with Crippen molar-refractivity contribution in [1.82, 2.24) is 10.2 Å². The SMILES string of the molecule is COc1cccc2cc(C(=O)C3=C(O)C(=O)N(c4nnc(SCc5ccc(Cl)cc5)s4)C3c3ccc(F)cc3)oc12. The first-order valence-electron chi connectivity index (χ1n) is 12.2. The molecule has 1 N–H and O–H groups in total. The zero-order valence-electron chi connectivity index (χ0n) is 21.2. The number of carbonyl (C=O) groups excluding carboxylic acids is 2. The Balaban J connectivity index is 1.36. The smallest absolute Gasteiger partial charge is 0.296 e. The van der Waals surface area contributed by atoms with Crippen LogP contribution in [0.3, 0.4) is 0 Å². The highest BCUT2D eigenvalue weighted by atomic mass is 35.5. The number of ether oxygens (including phenoxy) is 1. The number of benzene rings is 3. The third-order valence-electron chi connectivity index (χ3n) is 6.47. The van der Waals surface area contributed by atoms with E-state index in [0.717, 1.165) is 16.9 Å². The molecule has 1 amide bonds. The number of fused-ring (bicyclic) bond motifs is 1. The van der Waals surface area contributed by atoms with Crippen LogP contribution in [0.15, 0.2) is 92.9 Å². The normalized spacial score (nSPS) is 15.2. The van der Waals surface area contributed by atoms with Crippen LogP contribution in [0.1, 0.15) is 27.7 Å². The minimum absolute atomic E-state index is 0.0933. The molecular weight excluding hydrogens is 589 g/mol. The molecule has 0 fully saturated rings. The first-order valence-corrected chi connectivity index (χ1v) is 14.4. The molecule has 1 unspecified atom stereocenters. The summed E-state index contributed by atoms with van der Waals surface area (Å²) in [7, 11) is 1.48. The number of nitrogens with zero attached hydrogens (tertiary/aromatic N) is 3. The third-order valence-corrected chi connectivity index (χ3v) is 8.85. The maximum Gasteiger partial charge on any atom is 0.296 e. The molecule has 206 valence electrons. The number of methoxy groups -OCH3 is 1. The van der Waals surface area contributed by atoms with Crippen LogP contribution in [-0.2, 0) is 10.5 Å². The van der Waals surface area contributed by atoms with Crippen LogP contribution in [0.4, 0.5) is 9.52 Å². The number of ketones is 1. The number of aliphatic hydroxyl groups is 1. The summed E-state index contributed by atoms with van der Waals surface area (Å²) in [4.78, 5) is 28.5.